The van der Waals surface area contributed by atoms with Crippen LogP contribution in [0.3, 0.4) is 0 Å². The summed E-state index contributed by atoms with van der Waals surface area (Å²) in [5.74, 6) is -1.10. The van der Waals surface area contributed by atoms with E-state index in [1.54, 1.807) is 0 Å². The predicted octanol–water partition coefficient (Wildman–Crippen LogP) is 17.6. The lowest BCUT2D eigenvalue weighted by molar-refractivity contribution is -0.166. The van der Waals surface area contributed by atoms with Crippen molar-refractivity contribution in [3.8, 4) is 0 Å². The number of ether oxygens (including phenoxy) is 3. The van der Waals surface area contributed by atoms with Crippen molar-refractivity contribution in [2.75, 3.05) is 13.2 Å². The Hall–Kier alpha value is -4.71. The highest BCUT2D eigenvalue weighted by Crippen LogP contribution is 2.11. The van der Waals surface area contributed by atoms with Crippen LogP contribution in [-0.2, 0) is 28.6 Å². The number of hydrogen-bond donors (Lipinski definition) is 0. The molecule has 0 radical (unpaired) electrons. The normalized spacial score (nSPS) is 13.3. The molecule has 1 unspecified atom stereocenters. The monoisotopic (exact) mass is 923 g/mol. The van der Waals surface area contributed by atoms with Gasteiger partial charge >= 0.3 is 17.9 Å². The Balaban J connectivity index is 4.59. The van der Waals surface area contributed by atoms with Crippen molar-refractivity contribution >= 4 is 17.9 Å². The smallest absolute Gasteiger partial charge is 0.306 e. The van der Waals surface area contributed by atoms with Crippen molar-refractivity contribution in [3.05, 3.63) is 146 Å². The highest BCUT2D eigenvalue weighted by Gasteiger charge is 2.19. The minimum absolute atomic E-state index is 0.136. The average Bonchev–Trinajstić information content (AvgIpc) is 3.33. The van der Waals surface area contributed by atoms with Crippen LogP contribution in [0.1, 0.15) is 201 Å². The van der Waals surface area contributed by atoms with Crippen molar-refractivity contribution in [2.24, 2.45) is 0 Å². The van der Waals surface area contributed by atoms with E-state index in [1.165, 1.54) is 38.5 Å². The fourth-order valence-electron chi connectivity index (χ4n) is 6.44. The van der Waals surface area contributed by atoms with E-state index < -0.39 is 12.1 Å². The van der Waals surface area contributed by atoms with Crippen molar-refractivity contribution in [1.82, 2.24) is 0 Å². The molecule has 0 aromatic rings. The third-order valence-electron chi connectivity index (χ3n) is 10.3. The number of allylic oxidation sites excluding steroid dienone is 24. The van der Waals surface area contributed by atoms with Gasteiger partial charge in [0.2, 0.25) is 0 Å². The Bertz CT molecular complexity index is 1530. The molecule has 1 atom stereocenters. The van der Waals surface area contributed by atoms with Gasteiger partial charge < -0.3 is 14.2 Å². The van der Waals surface area contributed by atoms with Gasteiger partial charge in [0.1, 0.15) is 13.2 Å². The Morgan fingerprint density at radius 1 is 0.313 bits per heavy atom. The number of rotatable bonds is 45. The lowest BCUT2D eigenvalue weighted by Gasteiger charge is -2.18. The summed E-state index contributed by atoms with van der Waals surface area (Å²) in [6.45, 7) is 6.23. The molecule has 0 N–H and O–H groups in total. The molecule has 0 rings (SSSR count). The Labute approximate surface area is 410 Å². The highest BCUT2D eigenvalue weighted by molar-refractivity contribution is 5.71. The summed E-state index contributed by atoms with van der Waals surface area (Å²) < 4.78 is 16.7. The standard InChI is InChI=1S/C61H94O6/c1-4-7-10-13-16-19-22-25-27-29-30-32-33-36-39-42-45-48-51-54-60(63)66-57-58(56-65-59(62)53-50-47-44-41-38-35-24-21-18-15-12-9-6-3)67-61(64)55-52-49-46-43-40-37-34-31-28-26-23-20-17-14-11-8-5-2/h8-9,11-12,16-21,25-28,30,32,34-35,37-38,43-44,46-47,58H,4-7,10,13-15,22-24,29,31,33,36,39-42,45,48-57H2,1-3H3/b11-8-,12-9-,19-16-,20-17-,21-18-,27-25-,28-26-,32-30-,37-34-,38-35-,46-43-,47-44-. The maximum absolute atomic E-state index is 12.8. The zero-order chi connectivity index (χ0) is 48.6. The van der Waals surface area contributed by atoms with E-state index in [2.05, 4.69) is 154 Å². The molecule has 0 aromatic heterocycles. The van der Waals surface area contributed by atoms with E-state index in [9.17, 15) is 14.4 Å². The first kappa shape index (κ1) is 62.3. The number of unbranched alkanes of at least 4 members (excludes halogenated alkanes) is 10. The van der Waals surface area contributed by atoms with Crippen molar-refractivity contribution in [3.63, 3.8) is 0 Å². The molecule has 0 heterocycles. The number of carbonyl (C=O) groups excluding carboxylic acids is 3. The molecule has 0 aromatic carbocycles. The van der Waals surface area contributed by atoms with Gasteiger partial charge in [-0.1, -0.05) is 205 Å². The van der Waals surface area contributed by atoms with E-state index in [0.717, 1.165) is 109 Å². The Morgan fingerprint density at radius 3 is 1.04 bits per heavy atom. The summed E-state index contributed by atoms with van der Waals surface area (Å²) in [6.07, 6.45) is 77.1. The SMILES string of the molecule is CC/C=C\C/C=C\C/C=C\C/C=C\C/C=C\CCCC(=O)OC(COC(=O)CC/C=C\C/C=C\C/C=C\C/C=C\CC)COC(=O)CCCCCCCC/C=C\C/C=C\C/C=C\CCCCC. The molecule has 0 spiro atoms. The zero-order valence-corrected chi connectivity index (χ0v) is 42.6. The fraction of sp³-hybridized carbons (Fsp3) is 0.557. The van der Waals surface area contributed by atoms with Gasteiger partial charge in [0.25, 0.3) is 0 Å². The lowest BCUT2D eigenvalue weighted by Crippen LogP contribution is -2.30. The first-order chi connectivity index (χ1) is 33.0. The van der Waals surface area contributed by atoms with E-state index in [-0.39, 0.29) is 38.0 Å². The van der Waals surface area contributed by atoms with Gasteiger partial charge in [0.05, 0.1) is 0 Å². The van der Waals surface area contributed by atoms with E-state index >= 15 is 0 Å². The second kappa shape index (κ2) is 53.9. The third-order valence-corrected chi connectivity index (χ3v) is 10.3. The van der Waals surface area contributed by atoms with Crippen molar-refractivity contribution in [2.45, 2.75) is 207 Å². The summed E-state index contributed by atoms with van der Waals surface area (Å²) >= 11 is 0. The number of carbonyl (C=O) groups is 3. The molecule has 6 heteroatoms. The Morgan fingerprint density at radius 2 is 0.627 bits per heavy atom. The zero-order valence-electron chi connectivity index (χ0n) is 42.6. The molecule has 0 saturated heterocycles. The first-order valence-electron chi connectivity index (χ1n) is 26.3. The van der Waals surface area contributed by atoms with Crippen LogP contribution in [-0.4, -0.2) is 37.2 Å². The molecule has 0 aliphatic heterocycles. The van der Waals surface area contributed by atoms with Crippen LogP contribution in [0.5, 0.6) is 0 Å². The maximum Gasteiger partial charge on any atom is 0.306 e. The molecular weight excluding hydrogens is 829 g/mol. The van der Waals surface area contributed by atoms with Crippen LogP contribution in [0.15, 0.2) is 146 Å². The van der Waals surface area contributed by atoms with E-state index in [1.807, 2.05) is 12.2 Å². The van der Waals surface area contributed by atoms with Crippen LogP contribution < -0.4 is 0 Å². The number of esters is 3. The summed E-state index contributed by atoms with van der Waals surface area (Å²) in [6, 6.07) is 0. The predicted molar refractivity (Wildman–Crippen MR) is 288 cm³/mol. The average molecular weight is 923 g/mol. The molecule has 0 saturated carbocycles. The largest absolute Gasteiger partial charge is 0.462 e. The molecule has 6 nitrogen and oxygen atoms in total. The summed E-state index contributed by atoms with van der Waals surface area (Å²) in [4.78, 5) is 38.0. The molecule has 0 aliphatic carbocycles. The maximum atomic E-state index is 12.8. The quantitative estimate of drug-likeness (QED) is 0.0262. The highest BCUT2D eigenvalue weighted by atomic mass is 16.6. The fourth-order valence-corrected chi connectivity index (χ4v) is 6.44. The van der Waals surface area contributed by atoms with Gasteiger partial charge in [-0.25, -0.2) is 0 Å². The molecular formula is C61H94O6. The van der Waals surface area contributed by atoms with E-state index in [4.69, 9.17) is 14.2 Å². The summed E-state index contributed by atoms with van der Waals surface area (Å²) in [5, 5.41) is 0. The molecule has 0 amide bonds. The van der Waals surface area contributed by atoms with Gasteiger partial charge in [-0.15, -0.1) is 0 Å². The topological polar surface area (TPSA) is 78.9 Å². The first-order valence-corrected chi connectivity index (χ1v) is 26.3. The second-order valence-corrected chi connectivity index (χ2v) is 16.7. The number of hydrogen-bond acceptors (Lipinski definition) is 6. The van der Waals surface area contributed by atoms with Crippen molar-refractivity contribution in [1.29, 1.82) is 0 Å². The lowest BCUT2D eigenvalue weighted by atomic mass is 10.1. The molecule has 0 fully saturated rings. The molecule has 374 valence electrons. The van der Waals surface area contributed by atoms with Crippen LogP contribution in [0, 0.1) is 0 Å². The molecule has 67 heavy (non-hydrogen) atoms. The van der Waals surface area contributed by atoms with Gasteiger partial charge in [-0.3, -0.25) is 14.4 Å². The van der Waals surface area contributed by atoms with Gasteiger partial charge in [0.15, 0.2) is 6.10 Å². The van der Waals surface area contributed by atoms with Crippen LogP contribution in [0.2, 0.25) is 0 Å². The van der Waals surface area contributed by atoms with Crippen LogP contribution in [0.4, 0.5) is 0 Å². The Kier molecular flexibility index (Phi) is 50.1. The molecule has 0 bridgehead atoms. The van der Waals surface area contributed by atoms with Gasteiger partial charge in [-0.2, -0.15) is 0 Å². The van der Waals surface area contributed by atoms with Crippen LogP contribution in [0.25, 0.3) is 0 Å². The second-order valence-electron chi connectivity index (χ2n) is 16.7. The summed E-state index contributed by atoms with van der Waals surface area (Å²) in [7, 11) is 0. The minimum atomic E-state index is -0.848. The van der Waals surface area contributed by atoms with Gasteiger partial charge in [-0.05, 0) is 122 Å². The summed E-state index contributed by atoms with van der Waals surface area (Å²) in [5.41, 5.74) is 0. The minimum Gasteiger partial charge on any atom is -0.462 e. The van der Waals surface area contributed by atoms with Gasteiger partial charge in [0, 0.05) is 19.3 Å². The van der Waals surface area contributed by atoms with Crippen molar-refractivity contribution < 1.29 is 28.6 Å². The van der Waals surface area contributed by atoms with Crippen LogP contribution >= 0.6 is 0 Å². The van der Waals surface area contributed by atoms with E-state index in [0.29, 0.717) is 19.3 Å². The third kappa shape index (κ3) is 52.1. The molecule has 0 aliphatic rings.